The summed E-state index contributed by atoms with van der Waals surface area (Å²) in [5, 5.41) is 11.4. The first-order valence-corrected chi connectivity index (χ1v) is 8.28. The average molecular weight is 349 g/mol. The Balaban J connectivity index is 1.82. The van der Waals surface area contributed by atoms with Crippen molar-refractivity contribution in [3.8, 4) is 0 Å². The van der Waals surface area contributed by atoms with E-state index in [1.165, 1.54) is 0 Å². The van der Waals surface area contributed by atoms with E-state index in [1.807, 2.05) is 30.3 Å². The zero-order valence-corrected chi connectivity index (χ0v) is 14.4. The molecule has 1 fully saturated rings. The number of nitrogens with one attached hydrogen (secondary N) is 1. The smallest absolute Gasteiger partial charge is 0.411 e. The van der Waals surface area contributed by atoms with Crippen molar-refractivity contribution in [1.29, 1.82) is 0 Å². The van der Waals surface area contributed by atoms with Crippen molar-refractivity contribution < 1.29 is 29.0 Å². The maximum atomic E-state index is 12.0. The van der Waals surface area contributed by atoms with E-state index >= 15 is 0 Å². The number of amides is 1. The summed E-state index contributed by atoms with van der Waals surface area (Å²) in [7, 11) is 0. The van der Waals surface area contributed by atoms with Crippen molar-refractivity contribution in [2.75, 3.05) is 0 Å². The normalized spacial score (nSPS) is 16.0. The summed E-state index contributed by atoms with van der Waals surface area (Å²) in [5.74, 6) is -1.83. The van der Waals surface area contributed by atoms with Gasteiger partial charge >= 0.3 is 18.0 Å². The number of aliphatic carboxylic acids is 1. The van der Waals surface area contributed by atoms with Gasteiger partial charge in [0, 0.05) is 12.3 Å². The predicted octanol–water partition coefficient (Wildman–Crippen LogP) is 2.49. The molecule has 25 heavy (non-hydrogen) atoms. The number of hydrogen-bond acceptors (Lipinski definition) is 5. The Hall–Kier alpha value is -2.57. The van der Waals surface area contributed by atoms with Gasteiger partial charge in [0.15, 0.2) is 0 Å². The molecule has 1 aromatic carbocycles. The number of carbonyl (C=O) groups is 3. The van der Waals surface area contributed by atoms with E-state index in [-0.39, 0.29) is 12.3 Å². The fourth-order valence-corrected chi connectivity index (χ4v) is 2.22. The highest BCUT2D eigenvalue weighted by Crippen LogP contribution is 2.35. The second kappa shape index (κ2) is 8.00. The number of ether oxygens (including phenoxy) is 2. The van der Waals surface area contributed by atoms with Gasteiger partial charge in [0.05, 0.1) is 0 Å². The summed E-state index contributed by atoms with van der Waals surface area (Å²) in [6.45, 7) is 3.49. The van der Waals surface area contributed by atoms with Gasteiger partial charge in [-0.2, -0.15) is 0 Å². The Morgan fingerprint density at radius 1 is 1.16 bits per heavy atom. The molecule has 2 rings (SSSR count). The molecule has 0 aliphatic heterocycles. The average Bonchev–Trinajstić information content (AvgIpc) is 3.34. The Labute approximate surface area is 146 Å². The minimum Gasteiger partial charge on any atom is -0.480 e. The standard InChI is InChI=1S/C18H23NO6/c1-12(2)15(25-17(23)19-18(10-11-18)16(21)22)24-14(20)9-8-13-6-4-3-5-7-13/h3-7,12,15H,8-11H2,1-2H3,(H,19,23)(H,21,22). The molecule has 0 saturated heterocycles. The van der Waals surface area contributed by atoms with Crippen LogP contribution in [0.25, 0.3) is 0 Å². The topological polar surface area (TPSA) is 102 Å². The number of aryl methyl sites for hydroxylation is 1. The molecule has 7 nitrogen and oxygen atoms in total. The second-order valence-corrected chi connectivity index (χ2v) is 6.51. The van der Waals surface area contributed by atoms with Gasteiger partial charge < -0.3 is 19.9 Å². The van der Waals surface area contributed by atoms with E-state index in [0.717, 1.165) is 5.56 Å². The molecular formula is C18H23NO6. The Kier molecular flexibility index (Phi) is 6.01. The summed E-state index contributed by atoms with van der Waals surface area (Å²) in [6.07, 6.45) is -0.542. The van der Waals surface area contributed by atoms with Crippen molar-refractivity contribution in [2.24, 2.45) is 5.92 Å². The third kappa shape index (κ3) is 5.48. The Morgan fingerprint density at radius 2 is 1.80 bits per heavy atom. The van der Waals surface area contributed by atoms with Gasteiger partial charge in [0.2, 0.25) is 0 Å². The summed E-state index contributed by atoms with van der Waals surface area (Å²) >= 11 is 0. The molecule has 0 bridgehead atoms. The molecule has 1 atom stereocenters. The van der Waals surface area contributed by atoms with Crippen LogP contribution >= 0.6 is 0 Å². The third-order valence-electron chi connectivity index (χ3n) is 3.98. The molecule has 1 aliphatic carbocycles. The van der Waals surface area contributed by atoms with E-state index < -0.39 is 29.9 Å². The molecule has 1 saturated carbocycles. The van der Waals surface area contributed by atoms with Crippen LogP contribution < -0.4 is 5.32 Å². The highest BCUT2D eigenvalue weighted by atomic mass is 16.7. The zero-order chi connectivity index (χ0) is 18.4. The molecule has 1 aromatic rings. The molecule has 1 amide bonds. The fourth-order valence-electron chi connectivity index (χ4n) is 2.22. The lowest BCUT2D eigenvalue weighted by molar-refractivity contribution is -0.175. The van der Waals surface area contributed by atoms with Gasteiger partial charge in [0.25, 0.3) is 6.29 Å². The van der Waals surface area contributed by atoms with Crippen LogP contribution in [-0.2, 0) is 25.5 Å². The SMILES string of the molecule is CC(C)C(OC(=O)CCc1ccccc1)OC(=O)NC1(C(=O)O)CC1. The molecule has 0 aromatic heterocycles. The molecule has 136 valence electrons. The summed E-state index contributed by atoms with van der Waals surface area (Å²) in [6, 6.07) is 9.51. The number of esters is 1. The first-order valence-electron chi connectivity index (χ1n) is 8.28. The Morgan fingerprint density at radius 3 is 2.32 bits per heavy atom. The third-order valence-corrected chi connectivity index (χ3v) is 3.98. The quantitative estimate of drug-likeness (QED) is 0.552. The maximum Gasteiger partial charge on any atom is 0.411 e. The number of rotatable bonds is 8. The van der Waals surface area contributed by atoms with Crippen LogP contribution in [0.5, 0.6) is 0 Å². The van der Waals surface area contributed by atoms with Gasteiger partial charge in [0.1, 0.15) is 5.54 Å². The van der Waals surface area contributed by atoms with Gasteiger partial charge in [-0.25, -0.2) is 9.59 Å². The van der Waals surface area contributed by atoms with Crippen LogP contribution in [0.2, 0.25) is 0 Å². The summed E-state index contributed by atoms with van der Waals surface area (Å²) in [4.78, 5) is 35.0. The molecule has 2 N–H and O–H groups in total. The van der Waals surface area contributed by atoms with Crippen molar-refractivity contribution in [2.45, 2.75) is 51.4 Å². The number of benzene rings is 1. The lowest BCUT2D eigenvalue weighted by Gasteiger charge is -2.22. The van der Waals surface area contributed by atoms with Crippen LogP contribution in [0.3, 0.4) is 0 Å². The number of alkyl carbamates (subject to hydrolysis) is 1. The van der Waals surface area contributed by atoms with E-state index in [9.17, 15) is 14.4 Å². The molecule has 1 aliphatic rings. The second-order valence-electron chi connectivity index (χ2n) is 6.51. The number of carboxylic acids is 1. The molecule has 0 spiro atoms. The predicted molar refractivity (Wildman–Crippen MR) is 88.7 cm³/mol. The molecule has 7 heteroatoms. The maximum absolute atomic E-state index is 12.0. The fraction of sp³-hybridized carbons (Fsp3) is 0.500. The minimum absolute atomic E-state index is 0.164. The lowest BCUT2D eigenvalue weighted by Crippen LogP contribution is -2.45. The van der Waals surface area contributed by atoms with Crippen LogP contribution in [0.1, 0.15) is 38.7 Å². The van der Waals surface area contributed by atoms with E-state index in [4.69, 9.17) is 14.6 Å². The molecule has 0 radical (unpaired) electrons. The molecule has 1 unspecified atom stereocenters. The van der Waals surface area contributed by atoms with Gasteiger partial charge in [-0.05, 0) is 24.8 Å². The van der Waals surface area contributed by atoms with E-state index in [2.05, 4.69) is 5.32 Å². The number of hydrogen-bond donors (Lipinski definition) is 2. The van der Waals surface area contributed by atoms with Crippen molar-refractivity contribution >= 4 is 18.0 Å². The summed E-state index contributed by atoms with van der Waals surface area (Å²) < 4.78 is 10.3. The molecular weight excluding hydrogens is 326 g/mol. The largest absolute Gasteiger partial charge is 0.480 e. The summed E-state index contributed by atoms with van der Waals surface area (Å²) in [5.41, 5.74) is -0.230. The van der Waals surface area contributed by atoms with Gasteiger partial charge in [-0.15, -0.1) is 0 Å². The van der Waals surface area contributed by atoms with Crippen molar-refractivity contribution in [3.63, 3.8) is 0 Å². The zero-order valence-electron chi connectivity index (χ0n) is 14.4. The van der Waals surface area contributed by atoms with Crippen LogP contribution in [0, 0.1) is 5.92 Å². The van der Waals surface area contributed by atoms with Crippen LogP contribution in [0.4, 0.5) is 4.79 Å². The highest BCUT2D eigenvalue weighted by Gasteiger charge is 2.52. The minimum atomic E-state index is -1.24. The number of carbonyl (C=O) groups excluding carboxylic acids is 2. The molecule has 0 heterocycles. The Bertz CT molecular complexity index is 624. The monoisotopic (exact) mass is 349 g/mol. The number of carboxylic acid groups (broad SMARTS) is 1. The first kappa shape index (κ1) is 18.8. The van der Waals surface area contributed by atoms with Crippen LogP contribution in [-0.4, -0.2) is 35.0 Å². The highest BCUT2D eigenvalue weighted by molar-refractivity contribution is 5.87. The van der Waals surface area contributed by atoms with Gasteiger partial charge in [-0.3, -0.25) is 4.79 Å². The van der Waals surface area contributed by atoms with E-state index in [0.29, 0.717) is 19.3 Å². The first-order chi connectivity index (χ1) is 11.8. The lowest BCUT2D eigenvalue weighted by atomic mass is 10.1. The van der Waals surface area contributed by atoms with Gasteiger partial charge in [-0.1, -0.05) is 44.2 Å². The van der Waals surface area contributed by atoms with Crippen molar-refractivity contribution in [3.05, 3.63) is 35.9 Å². The van der Waals surface area contributed by atoms with E-state index in [1.54, 1.807) is 13.8 Å². The van der Waals surface area contributed by atoms with Crippen molar-refractivity contribution in [1.82, 2.24) is 5.32 Å². The van der Waals surface area contributed by atoms with Crippen LogP contribution in [0.15, 0.2) is 30.3 Å².